The molecule has 0 spiro atoms. The second-order valence-electron chi connectivity index (χ2n) is 4.97. The molecule has 1 aliphatic rings. The topological polar surface area (TPSA) is 82.2 Å². The number of nitrogens with one attached hydrogen (secondary N) is 1. The molecule has 1 saturated heterocycles. The Hall–Kier alpha value is -1.61. The third-order valence-corrected chi connectivity index (χ3v) is 3.68. The van der Waals surface area contributed by atoms with Crippen LogP contribution in [0.25, 0.3) is 0 Å². The van der Waals surface area contributed by atoms with Crippen molar-refractivity contribution in [3.63, 3.8) is 0 Å². The summed E-state index contributed by atoms with van der Waals surface area (Å²) in [6.07, 6.45) is 1.84. The van der Waals surface area contributed by atoms with Crippen molar-refractivity contribution in [2.75, 3.05) is 25.0 Å². The van der Waals surface area contributed by atoms with E-state index in [0.29, 0.717) is 22.8 Å². The second-order valence-corrected chi connectivity index (χ2v) is 5.38. The molecule has 5 nitrogen and oxygen atoms in total. The van der Waals surface area contributed by atoms with Crippen LogP contribution in [0, 0.1) is 11.3 Å². The lowest BCUT2D eigenvalue weighted by molar-refractivity contribution is -0.117. The smallest absolute Gasteiger partial charge is 0.238 e. The van der Waals surface area contributed by atoms with Crippen molar-refractivity contribution >= 4 is 23.2 Å². The Balaban J connectivity index is 1.90. The van der Waals surface area contributed by atoms with Gasteiger partial charge in [0.1, 0.15) is 0 Å². The zero-order valence-corrected chi connectivity index (χ0v) is 11.9. The highest BCUT2D eigenvalue weighted by atomic mass is 35.5. The number of hydrogen-bond acceptors (Lipinski definition) is 4. The van der Waals surface area contributed by atoms with E-state index in [-0.39, 0.29) is 11.9 Å². The number of anilines is 1. The SMILES string of the molecule is N#Cc1ccc(NC(=O)CN2CCC(N)CC2)c(Cl)c1. The van der Waals surface area contributed by atoms with E-state index in [2.05, 4.69) is 10.2 Å². The summed E-state index contributed by atoms with van der Waals surface area (Å²) < 4.78 is 0. The number of likely N-dealkylation sites (tertiary alicyclic amines) is 1. The summed E-state index contributed by atoms with van der Waals surface area (Å²) in [5.41, 5.74) is 6.83. The number of rotatable bonds is 3. The molecule has 0 aromatic heterocycles. The maximum atomic E-state index is 12.0. The first kappa shape index (κ1) is 14.8. The summed E-state index contributed by atoms with van der Waals surface area (Å²) in [6.45, 7) is 2.02. The summed E-state index contributed by atoms with van der Waals surface area (Å²) in [7, 11) is 0. The lowest BCUT2D eigenvalue weighted by Crippen LogP contribution is -2.43. The maximum Gasteiger partial charge on any atom is 0.238 e. The average molecular weight is 293 g/mol. The normalized spacial score (nSPS) is 16.6. The Labute approximate surface area is 123 Å². The summed E-state index contributed by atoms with van der Waals surface area (Å²) in [6, 6.07) is 7.06. The monoisotopic (exact) mass is 292 g/mol. The summed E-state index contributed by atoms with van der Waals surface area (Å²) >= 11 is 6.02. The Morgan fingerprint density at radius 2 is 2.20 bits per heavy atom. The highest BCUT2D eigenvalue weighted by Crippen LogP contribution is 2.22. The predicted octanol–water partition coefficient (Wildman–Crippen LogP) is 1.57. The molecule has 106 valence electrons. The third kappa shape index (κ3) is 3.94. The predicted molar refractivity (Wildman–Crippen MR) is 78.4 cm³/mol. The fourth-order valence-corrected chi connectivity index (χ4v) is 2.42. The van der Waals surface area contributed by atoms with Gasteiger partial charge in [0, 0.05) is 19.1 Å². The highest BCUT2D eigenvalue weighted by Gasteiger charge is 2.18. The fraction of sp³-hybridized carbons (Fsp3) is 0.429. The van der Waals surface area contributed by atoms with Crippen molar-refractivity contribution in [1.29, 1.82) is 5.26 Å². The lowest BCUT2D eigenvalue weighted by Gasteiger charge is -2.29. The molecule has 0 unspecified atom stereocenters. The number of nitriles is 1. The van der Waals surface area contributed by atoms with Crippen LogP contribution in [0.4, 0.5) is 5.69 Å². The van der Waals surface area contributed by atoms with Crippen LogP contribution in [0.2, 0.25) is 5.02 Å². The molecule has 2 rings (SSSR count). The van der Waals surface area contributed by atoms with E-state index in [9.17, 15) is 4.79 Å². The van der Waals surface area contributed by atoms with E-state index in [4.69, 9.17) is 22.6 Å². The number of halogens is 1. The van der Waals surface area contributed by atoms with Crippen molar-refractivity contribution in [3.05, 3.63) is 28.8 Å². The van der Waals surface area contributed by atoms with Gasteiger partial charge in [-0.25, -0.2) is 0 Å². The molecule has 1 aliphatic heterocycles. The zero-order valence-electron chi connectivity index (χ0n) is 11.1. The lowest BCUT2D eigenvalue weighted by atomic mass is 10.1. The minimum atomic E-state index is -0.105. The summed E-state index contributed by atoms with van der Waals surface area (Å²) in [5.74, 6) is -0.105. The number of amides is 1. The van der Waals surface area contributed by atoms with Crippen molar-refractivity contribution in [1.82, 2.24) is 4.90 Å². The molecule has 1 aromatic carbocycles. The number of benzene rings is 1. The highest BCUT2D eigenvalue weighted by molar-refractivity contribution is 6.33. The van der Waals surface area contributed by atoms with Crippen LogP contribution in [-0.4, -0.2) is 36.5 Å². The molecule has 0 saturated carbocycles. The molecule has 0 atom stereocenters. The van der Waals surface area contributed by atoms with Crippen LogP contribution in [0.3, 0.4) is 0 Å². The van der Waals surface area contributed by atoms with Crippen molar-refractivity contribution in [3.8, 4) is 6.07 Å². The Morgan fingerprint density at radius 1 is 1.50 bits per heavy atom. The largest absolute Gasteiger partial charge is 0.328 e. The molecule has 3 N–H and O–H groups in total. The van der Waals surface area contributed by atoms with E-state index in [1.54, 1.807) is 12.1 Å². The maximum absolute atomic E-state index is 12.0. The standard InChI is InChI=1S/C14H17ClN4O/c15-12-7-10(8-16)1-2-13(12)18-14(20)9-19-5-3-11(17)4-6-19/h1-2,7,11H,3-6,9,17H2,(H,18,20). The Morgan fingerprint density at radius 3 is 2.80 bits per heavy atom. The quantitative estimate of drug-likeness (QED) is 0.886. The van der Waals surface area contributed by atoms with Crippen LogP contribution in [-0.2, 0) is 4.79 Å². The molecule has 0 radical (unpaired) electrons. The van der Waals surface area contributed by atoms with E-state index in [0.717, 1.165) is 25.9 Å². The molecule has 1 amide bonds. The summed E-state index contributed by atoms with van der Waals surface area (Å²) in [4.78, 5) is 14.0. The number of nitrogens with two attached hydrogens (primary N) is 1. The molecule has 1 heterocycles. The van der Waals surface area contributed by atoms with Gasteiger partial charge in [-0.1, -0.05) is 11.6 Å². The van der Waals surface area contributed by atoms with Gasteiger partial charge in [-0.2, -0.15) is 5.26 Å². The van der Waals surface area contributed by atoms with Crippen molar-refractivity contribution in [2.45, 2.75) is 18.9 Å². The minimum Gasteiger partial charge on any atom is -0.328 e. The van der Waals surface area contributed by atoms with Gasteiger partial charge in [0.15, 0.2) is 0 Å². The third-order valence-electron chi connectivity index (χ3n) is 3.37. The van der Waals surface area contributed by atoms with Gasteiger partial charge in [-0.3, -0.25) is 9.69 Å². The van der Waals surface area contributed by atoms with E-state index in [1.165, 1.54) is 6.07 Å². The van der Waals surface area contributed by atoms with Crippen LogP contribution in [0.15, 0.2) is 18.2 Å². The van der Waals surface area contributed by atoms with Crippen molar-refractivity contribution in [2.24, 2.45) is 5.73 Å². The van der Waals surface area contributed by atoms with Crippen molar-refractivity contribution < 1.29 is 4.79 Å². The van der Waals surface area contributed by atoms with Gasteiger partial charge >= 0.3 is 0 Å². The van der Waals surface area contributed by atoms with E-state index < -0.39 is 0 Å². The molecule has 20 heavy (non-hydrogen) atoms. The van der Waals surface area contributed by atoms with Gasteiger partial charge < -0.3 is 11.1 Å². The number of piperidine rings is 1. The first-order chi connectivity index (χ1) is 9.58. The van der Waals surface area contributed by atoms with Crippen LogP contribution in [0.1, 0.15) is 18.4 Å². The van der Waals surface area contributed by atoms with Crippen LogP contribution < -0.4 is 11.1 Å². The van der Waals surface area contributed by atoms with Gasteiger partial charge in [0.2, 0.25) is 5.91 Å². The molecule has 1 aromatic rings. The van der Waals surface area contributed by atoms with Gasteiger partial charge in [0.25, 0.3) is 0 Å². The number of carbonyl (C=O) groups is 1. The molecule has 1 fully saturated rings. The second kappa shape index (κ2) is 6.71. The van der Waals surface area contributed by atoms with Crippen LogP contribution in [0.5, 0.6) is 0 Å². The van der Waals surface area contributed by atoms with Gasteiger partial charge in [-0.15, -0.1) is 0 Å². The number of hydrogen-bond donors (Lipinski definition) is 2. The average Bonchev–Trinajstić information content (AvgIpc) is 2.43. The molecular formula is C14H17ClN4O. The summed E-state index contributed by atoms with van der Waals surface area (Å²) in [5, 5.41) is 11.9. The van der Waals surface area contributed by atoms with E-state index >= 15 is 0 Å². The zero-order chi connectivity index (χ0) is 14.5. The number of carbonyl (C=O) groups excluding carboxylic acids is 1. The molecule has 0 bridgehead atoms. The number of nitrogens with zero attached hydrogens (tertiary/aromatic N) is 2. The van der Waals surface area contributed by atoms with Crippen LogP contribution >= 0.6 is 11.6 Å². The van der Waals surface area contributed by atoms with Gasteiger partial charge in [-0.05, 0) is 31.0 Å². The Bertz CT molecular complexity index is 532. The molecule has 6 heteroatoms. The molecular weight excluding hydrogens is 276 g/mol. The molecule has 0 aliphatic carbocycles. The first-order valence-corrected chi connectivity index (χ1v) is 6.93. The fourth-order valence-electron chi connectivity index (χ4n) is 2.19. The first-order valence-electron chi connectivity index (χ1n) is 6.56. The minimum absolute atomic E-state index is 0.105. The Kier molecular flexibility index (Phi) is 4.96. The van der Waals surface area contributed by atoms with E-state index in [1.807, 2.05) is 6.07 Å². The van der Waals surface area contributed by atoms with Gasteiger partial charge in [0.05, 0.1) is 28.9 Å².